The summed E-state index contributed by atoms with van der Waals surface area (Å²) >= 11 is 3.80. The molecule has 21 heavy (non-hydrogen) atoms. The van der Waals surface area contributed by atoms with Crippen molar-refractivity contribution in [3.8, 4) is 0 Å². The van der Waals surface area contributed by atoms with Crippen molar-refractivity contribution in [1.29, 1.82) is 0 Å². The van der Waals surface area contributed by atoms with E-state index in [1.807, 2.05) is 59.2 Å². The Morgan fingerprint density at radius 2 is 2.00 bits per heavy atom. The Hall–Kier alpha value is -1.26. The zero-order chi connectivity index (χ0) is 14.7. The van der Waals surface area contributed by atoms with Crippen molar-refractivity contribution in [2.75, 3.05) is 18.8 Å². The fourth-order valence-electron chi connectivity index (χ4n) is 2.55. The smallest absolute Gasteiger partial charge is 0.253 e. The molecule has 3 rings (SSSR count). The maximum absolute atomic E-state index is 12.6. The predicted molar refractivity (Wildman–Crippen MR) is 91.2 cm³/mol. The molecule has 0 bridgehead atoms. The topological polar surface area (TPSA) is 20.3 Å². The second kappa shape index (κ2) is 6.67. The van der Waals surface area contributed by atoms with E-state index in [0.29, 0.717) is 5.25 Å². The molecule has 0 saturated carbocycles. The average Bonchev–Trinajstić information content (AvgIpc) is 2.92. The summed E-state index contributed by atoms with van der Waals surface area (Å²) < 4.78 is 0. The summed E-state index contributed by atoms with van der Waals surface area (Å²) in [4.78, 5) is 16.0. The number of nitrogens with zero attached hydrogens (tertiary/aromatic N) is 1. The minimum absolute atomic E-state index is 0.169. The van der Waals surface area contributed by atoms with Crippen molar-refractivity contribution < 1.29 is 4.79 Å². The third-order valence-corrected chi connectivity index (χ3v) is 6.23. The fourth-order valence-corrected chi connectivity index (χ4v) is 4.79. The van der Waals surface area contributed by atoms with E-state index in [9.17, 15) is 4.79 Å². The van der Waals surface area contributed by atoms with Crippen LogP contribution in [0.5, 0.6) is 0 Å². The number of amides is 1. The number of thioether (sulfide) groups is 1. The lowest BCUT2D eigenvalue weighted by atomic mass is 10.1. The first-order chi connectivity index (χ1) is 10.2. The summed E-state index contributed by atoms with van der Waals surface area (Å²) in [5.41, 5.74) is 2.00. The van der Waals surface area contributed by atoms with Gasteiger partial charge in [-0.05, 0) is 36.9 Å². The van der Waals surface area contributed by atoms with Gasteiger partial charge in [-0.1, -0.05) is 23.8 Å². The van der Waals surface area contributed by atoms with Crippen molar-refractivity contribution in [3.05, 3.63) is 57.8 Å². The summed E-state index contributed by atoms with van der Waals surface area (Å²) in [6.45, 7) is 3.74. The van der Waals surface area contributed by atoms with Gasteiger partial charge >= 0.3 is 0 Å². The van der Waals surface area contributed by atoms with Crippen LogP contribution in [0.2, 0.25) is 0 Å². The van der Waals surface area contributed by atoms with Crippen LogP contribution in [0.4, 0.5) is 0 Å². The molecule has 1 atom stereocenters. The maximum Gasteiger partial charge on any atom is 0.253 e. The molecule has 2 nitrogen and oxygen atoms in total. The minimum atomic E-state index is 0.169. The summed E-state index contributed by atoms with van der Waals surface area (Å²) in [5.74, 6) is 1.18. The SMILES string of the molecule is Cc1ccc(C(=O)N2CCSC(c3cccs3)CC2)cc1. The van der Waals surface area contributed by atoms with Crippen molar-refractivity contribution in [1.82, 2.24) is 4.90 Å². The van der Waals surface area contributed by atoms with Crippen LogP contribution in [0, 0.1) is 6.92 Å². The van der Waals surface area contributed by atoms with Crippen molar-refractivity contribution >= 4 is 29.0 Å². The van der Waals surface area contributed by atoms with E-state index >= 15 is 0 Å². The van der Waals surface area contributed by atoms with Gasteiger partial charge in [0.1, 0.15) is 0 Å². The molecule has 0 N–H and O–H groups in total. The molecule has 110 valence electrons. The molecule has 1 aliphatic heterocycles. The second-order valence-electron chi connectivity index (χ2n) is 5.32. The van der Waals surface area contributed by atoms with E-state index in [-0.39, 0.29) is 5.91 Å². The highest BCUT2D eigenvalue weighted by Crippen LogP contribution is 2.36. The number of benzene rings is 1. The Morgan fingerprint density at radius 1 is 1.19 bits per heavy atom. The number of rotatable bonds is 2. The van der Waals surface area contributed by atoms with Crippen LogP contribution in [-0.4, -0.2) is 29.6 Å². The number of carbonyl (C=O) groups is 1. The lowest BCUT2D eigenvalue weighted by molar-refractivity contribution is 0.0766. The number of hydrogen-bond acceptors (Lipinski definition) is 3. The Balaban J connectivity index is 1.67. The third-order valence-electron chi connectivity index (χ3n) is 3.79. The molecule has 4 heteroatoms. The maximum atomic E-state index is 12.6. The molecule has 1 aromatic heterocycles. The van der Waals surface area contributed by atoms with Crippen molar-refractivity contribution in [3.63, 3.8) is 0 Å². The van der Waals surface area contributed by atoms with Gasteiger partial charge in [-0.25, -0.2) is 0 Å². The first kappa shape index (κ1) is 14.7. The zero-order valence-electron chi connectivity index (χ0n) is 12.1. The third kappa shape index (κ3) is 3.50. The monoisotopic (exact) mass is 317 g/mol. The van der Waals surface area contributed by atoms with E-state index in [2.05, 4.69) is 17.5 Å². The lowest BCUT2D eigenvalue weighted by Gasteiger charge is -2.20. The average molecular weight is 317 g/mol. The number of aryl methyl sites for hydroxylation is 1. The fraction of sp³-hybridized carbons (Fsp3) is 0.353. The molecular formula is C17H19NOS2. The highest BCUT2D eigenvalue weighted by atomic mass is 32.2. The van der Waals surface area contributed by atoms with E-state index < -0.39 is 0 Å². The Morgan fingerprint density at radius 3 is 2.71 bits per heavy atom. The van der Waals surface area contributed by atoms with Gasteiger partial charge in [0.25, 0.3) is 5.91 Å². The standard InChI is InChI=1S/C17H19NOS2/c1-13-4-6-14(7-5-13)17(19)18-9-8-16(21-12-10-18)15-3-2-11-20-15/h2-7,11,16H,8-10,12H2,1H3. The van der Waals surface area contributed by atoms with Crippen molar-refractivity contribution in [2.45, 2.75) is 18.6 Å². The van der Waals surface area contributed by atoms with E-state index in [1.54, 1.807) is 0 Å². The molecule has 0 spiro atoms. The van der Waals surface area contributed by atoms with E-state index in [1.165, 1.54) is 10.4 Å². The highest BCUT2D eigenvalue weighted by Gasteiger charge is 2.23. The van der Waals surface area contributed by atoms with Gasteiger partial charge in [-0.2, -0.15) is 11.8 Å². The Labute approximate surface area is 134 Å². The van der Waals surface area contributed by atoms with Gasteiger partial charge in [0, 0.05) is 34.5 Å². The van der Waals surface area contributed by atoms with Crippen LogP contribution < -0.4 is 0 Å². The normalized spacial score (nSPS) is 19.3. The second-order valence-corrected chi connectivity index (χ2v) is 7.61. The molecule has 1 fully saturated rings. The molecule has 1 amide bonds. The van der Waals surface area contributed by atoms with Gasteiger partial charge < -0.3 is 4.90 Å². The first-order valence-electron chi connectivity index (χ1n) is 7.25. The van der Waals surface area contributed by atoms with Gasteiger partial charge in [-0.15, -0.1) is 11.3 Å². The zero-order valence-corrected chi connectivity index (χ0v) is 13.8. The largest absolute Gasteiger partial charge is 0.338 e. The Bertz CT molecular complexity index is 592. The number of hydrogen-bond donors (Lipinski definition) is 0. The molecule has 2 heterocycles. The van der Waals surface area contributed by atoms with Gasteiger partial charge in [-0.3, -0.25) is 4.79 Å². The van der Waals surface area contributed by atoms with Crippen molar-refractivity contribution in [2.24, 2.45) is 0 Å². The molecule has 1 saturated heterocycles. The quantitative estimate of drug-likeness (QED) is 0.819. The Kier molecular flexibility index (Phi) is 4.66. The van der Waals surface area contributed by atoms with E-state index in [4.69, 9.17) is 0 Å². The molecule has 1 aromatic carbocycles. The molecule has 1 unspecified atom stereocenters. The van der Waals surface area contributed by atoms with Crippen LogP contribution in [-0.2, 0) is 0 Å². The predicted octanol–water partition coefficient (Wildman–Crippen LogP) is 4.38. The highest BCUT2D eigenvalue weighted by molar-refractivity contribution is 7.99. The van der Waals surface area contributed by atoms with Gasteiger partial charge in [0.15, 0.2) is 0 Å². The summed E-state index contributed by atoms with van der Waals surface area (Å²) in [6, 6.07) is 12.2. The summed E-state index contributed by atoms with van der Waals surface area (Å²) in [7, 11) is 0. The van der Waals surface area contributed by atoms with Crippen LogP contribution in [0.25, 0.3) is 0 Å². The minimum Gasteiger partial charge on any atom is -0.338 e. The van der Waals surface area contributed by atoms with Crippen LogP contribution in [0.15, 0.2) is 41.8 Å². The van der Waals surface area contributed by atoms with Crippen LogP contribution in [0.1, 0.15) is 32.5 Å². The molecule has 0 radical (unpaired) electrons. The number of carbonyl (C=O) groups excluding carboxylic acids is 1. The van der Waals surface area contributed by atoms with Crippen LogP contribution >= 0.6 is 23.1 Å². The van der Waals surface area contributed by atoms with Crippen LogP contribution in [0.3, 0.4) is 0 Å². The lowest BCUT2D eigenvalue weighted by Crippen LogP contribution is -2.32. The van der Waals surface area contributed by atoms with Gasteiger partial charge in [0.2, 0.25) is 0 Å². The summed E-state index contributed by atoms with van der Waals surface area (Å²) in [5, 5.41) is 2.68. The number of thiophene rings is 1. The molecule has 0 aliphatic carbocycles. The first-order valence-corrected chi connectivity index (χ1v) is 9.18. The molecule has 1 aliphatic rings. The van der Waals surface area contributed by atoms with E-state index in [0.717, 1.165) is 30.8 Å². The molecule has 2 aromatic rings. The summed E-state index contributed by atoms with van der Waals surface area (Å²) in [6.07, 6.45) is 1.04. The molecular weight excluding hydrogens is 298 g/mol. The van der Waals surface area contributed by atoms with Gasteiger partial charge in [0.05, 0.1) is 0 Å².